The maximum absolute atomic E-state index is 12.7. The maximum Gasteiger partial charge on any atom is 0.257 e. The van der Waals surface area contributed by atoms with Crippen molar-refractivity contribution >= 4 is 22.5 Å². The second-order valence-corrected chi connectivity index (χ2v) is 5.66. The van der Waals surface area contributed by atoms with E-state index in [1.807, 2.05) is 49.4 Å². The second kappa shape index (κ2) is 7.13. The molecule has 3 rings (SSSR count). The van der Waals surface area contributed by atoms with Gasteiger partial charge in [-0.05, 0) is 49.2 Å². The molecule has 0 radical (unpaired) electrons. The summed E-state index contributed by atoms with van der Waals surface area (Å²) in [6, 6.07) is 15.1. The summed E-state index contributed by atoms with van der Waals surface area (Å²) in [4.78, 5) is 17.0. The van der Waals surface area contributed by atoms with Crippen molar-refractivity contribution in [1.29, 1.82) is 0 Å². The Kier molecular flexibility index (Phi) is 4.75. The van der Waals surface area contributed by atoms with Crippen molar-refractivity contribution in [2.24, 2.45) is 0 Å². The Morgan fingerprint density at radius 2 is 2.00 bits per heavy atom. The minimum absolute atomic E-state index is 0.162. The molecule has 0 bridgehead atoms. The fourth-order valence-corrected chi connectivity index (χ4v) is 2.56. The summed E-state index contributed by atoms with van der Waals surface area (Å²) in [5.74, 6) is 0.656. The van der Waals surface area contributed by atoms with E-state index >= 15 is 0 Å². The predicted molar refractivity (Wildman–Crippen MR) is 96.7 cm³/mol. The number of amides is 1. The molecule has 3 aromatic rings. The largest absolute Gasteiger partial charge is 0.494 e. The van der Waals surface area contributed by atoms with Gasteiger partial charge >= 0.3 is 0 Å². The summed E-state index contributed by atoms with van der Waals surface area (Å²) in [6.45, 7) is 4.71. The highest BCUT2D eigenvalue weighted by molar-refractivity contribution is 6.12. The zero-order valence-electron chi connectivity index (χ0n) is 13.9. The van der Waals surface area contributed by atoms with Gasteiger partial charge in [0.1, 0.15) is 5.75 Å². The van der Waals surface area contributed by atoms with Crippen LogP contribution < -0.4 is 10.1 Å². The zero-order valence-corrected chi connectivity index (χ0v) is 13.9. The molecule has 0 saturated carbocycles. The van der Waals surface area contributed by atoms with Gasteiger partial charge in [-0.15, -0.1) is 0 Å². The lowest BCUT2D eigenvalue weighted by molar-refractivity contribution is 0.102. The number of carbonyl (C=O) groups is 1. The number of rotatable bonds is 5. The first-order valence-electron chi connectivity index (χ1n) is 8.07. The topological polar surface area (TPSA) is 51.2 Å². The molecule has 0 aliphatic heterocycles. The third-order valence-corrected chi connectivity index (χ3v) is 3.80. The molecule has 1 amide bonds. The number of hydrogen-bond donors (Lipinski definition) is 1. The molecule has 122 valence electrons. The Labute approximate surface area is 141 Å². The van der Waals surface area contributed by atoms with Gasteiger partial charge < -0.3 is 10.1 Å². The normalized spacial score (nSPS) is 10.6. The first-order valence-corrected chi connectivity index (χ1v) is 8.07. The molecule has 4 heteroatoms. The van der Waals surface area contributed by atoms with Gasteiger partial charge in [-0.25, -0.2) is 0 Å². The summed E-state index contributed by atoms with van der Waals surface area (Å²) in [6.07, 6.45) is 2.66. The Bertz CT molecular complexity index is 869. The molecule has 1 N–H and O–H groups in total. The Hall–Kier alpha value is -2.88. The fourth-order valence-electron chi connectivity index (χ4n) is 2.56. The second-order valence-electron chi connectivity index (χ2n) is 5.66. The zero-order chi connectivity index (χ0) is 16.9. The number of nitrogens with zero attached hydrogens (tertiary/aromatic N) is 1. The van der Waals surface area contributed by atoms with Crippen LogP contribution in [0.15, 0.2) is 54.7 Å². The van der Waals surface area contributed by atoms with Gasteiger partial charge in [0.05, 0.1) is 17.7 Å². The number of pyridine rings is 1. The van der Waals surface area contributed by atoms with E-state index < -0.39 is 0 Å². The van der Waals surface area contributed by atoms with Crippen LogP contribution in [0.1, 0.15) is 29.3 Å². The van der Waals surface area contributed by atoms with Crippen LogP contribution in [0.5, 0.6) is 5.75 Å². The van der Waals surface area contributed by atoms with Gasteiger partial charge in [0, 0.05) is 17.3 Å². The molecule has 0 saturated heterocycles. The van der Waals surface area contributed by atoms with E-state index in [1.54, 1.807) is 12.3 Å². The van der Waals surface area contributed by atoms with Crippen molar-refractivity contribution in [3.05, 3.63) is 65.9 Å². The van der Waals surface area contributed by atoms with Gasteiger partial charge in [-0.1, -0.05) is 25.1 Å². The number of carbonyl (C=O) groups excluding carboxylic acids is 1. The van der Waals surface area contributed by atoms with Crippen LogP contribution in [-0.4, -0.2) is 17.5 Å². The quantitative estimate of drug-likeness (QED) is 0.748. The van der Waals surface area contributed by atoms with Crippen LogP contribution in [-0.2, 0) is 0 Å². The average molecular weight is 320 g/mol. The van der Waals surface area contributed by atoms with Crippen LogP contribution in [0.3, 0.4) is 0 Å². The molecule has 4 nitrogen and oxygen atoms in total. The van der Waals surface area contributed by atoms with Crippen molar-refractivity contribution in [3.8, 4) is 5.75 Å². The minimum atomic E-state index is -0.162. The number of ether oxygens (including phenoxy) is 1. The van der Waals surface area contributed by atoms with Gasteiger partial charge in [0.2, 0.25) is 0 Å². The van der Waals surface area contributed by atoms with E-state index in [9.17, 15) is 4.79 Å². The molecule has 2 aromatic carbocycles. The maximum atomic E-state index is 12.7. The third-order valence-electron chi connectivity index (χ3n) is 3.80. The Balaban J connectivity index is 1.84. The SMILES string of the molecule is CCCOc1ccc(NC(=O)c2cccc3cccnc23)c(C)c1. The minimum Gasteiger partial charge on any atom is -0.494 e. The van der Waals surface area contributed by atoms with Crippen LogP contribution >= 0.6 is 0 Å². The van der Waals surface area contributed by atoms with Gasteiger partial charge in [-0.2, -0.15) is 0 Å². The Morgan fingerprint density at radius 1 is 1.17 bits per heavy atom. The lowest BCUT2D eigenvalue weighted by atomic mass is 10.1. The average Bonchev–Trinajstić information content (AvgIpc) is 2.61. The van der Waals surface area contributed by atoms with E-state index in [1.165, 1.54) is 0 Å². The number of anilines is 1. The number of fused-ring (bicyclic) bond motifs is 1. The molecular formula is C20H20N2O2. The first kappa shape index (κ1) is 16.0. The summed E-state index contributed by atoms with van der Waals surface area (Å²) < 4.78 is 5.62. The lowest BCUT2D eigenvalue weighted by Crippen LogP contribution is -2.13. The molecule has 0 atom stereocenters. The fraction of sp³-hybridized carbons (Fsp3) is 0.200. The van der Waals surface area contributed by atoms with E-state index in [-0.39, 0.29) is 5.91 Å². The first-order chi connectivity index (χ1) is 11.7. The Morgan fingerprint density at radius 3 is 2.79 bits per heavy atom. The van der Waals surface area contributed by atoms with E-state index in [2.05, 4.69) is 17.2 Å². The molecule has 24 heavy (non-hydrogen) atoms. The van der Waals surface area contributed by atoms with Crippen molar-refractivity contribution in [2.45, 2.75) is 20.3 Å². The van der Waals surface area contributed by atoms with Crippen LogP contribution in [0.25, 0.3) is 10.9 Å². The highest BCUT2D eigenvalue weighted by Gasteiger charge is 2.12. The molecule has 0 aliphatic carbocycles. The summed E-state index contributed by atoms with van der Waals surface area (Å²) in [7, 11) is 0. The van der Waals surface area contributed by atoms with Crippen molar-refractivity contribution < 1.29 is 9.53 Å². The monoisotopic (exact) mass is 320 g/mol. The number of benzene rings is 2. The van der Waals surface area contributed by atoms with Crippen molar-refractivity contribution in [1.82, 2.24) is 4.98 Å². The highest BCUT2D eigenvalue weighted by atomic mass is 16.5. The van der Waals surface area contributed by atoms with E-state index in [0.29, 0.717) is 17.7 Å². The van der Waals surface area contributed by atoms with Gasteiger partial charge in [0.15, 0.2) is 0 Å². The van der Waals surface area contributed by atoms with Crippen LogP contribution in [0, 0.1) is 6.92 Å². The number of nitrogens with one attached hydrogen (secondary N) is 1. The molecule has 0 aliphatic rings. The summed E-state index contributed by atoms with van der Waals surface area (Å²) >= 11 is 0. The van der Waals surface area contributed by atoms with E-state index in [4.69, 9.17) is 4.74 Å². The molecule has 1 heterocycles. The van der Waals surface area contributed by atoms with Crippen LogP contribution in [0.2, 0.25) is 0 Å². The third kappa shape index (κ3) is 3.38. The van der Waals surface area contributed by atoms with Crippen molar-refractivity contribution in [3.63, 3.8) is 0 Å². The lowest BCUT2D eigenvalue weighted by Gasteiger charge is -2.12. The molecule has 0 fully saturated rings. The number of aryl methyl sites for hydroxylation is 1. The summed E-state index contributed by atoms with van der Waals surface area (Å²) in [5, 5.41) is 3.92. The van der Waals surface area contributed by atoms with Gasteiger partial charge in [-0.3, -0.25) is 9.78 Å². The highest BCUT2D eigenvalue weighted by Crippen LogP contribution is 2.23. The number of aromatic nitrogens is 1. The standard InChI is InChI=1S/C20H20N2O2/c1-3-12-24-16-9-10-18(14(2)13-16)22-20(23)17-8-4-6-15-7-5-11-21-19(15)17/h4-11,13H,3,12H2,1-2H3,(H,22,23). The molecule has 1 aromatic heterocycles. The van der Waals surface area contributed by atoms with Gasteiger partial charge in [0.25, 0.3) is 5.91 Å². The molecule has 0 spiro atoms. The van der Waals surface area contributed by atoms with Crippen LogP contribution in [0.4, 0.5) is 5.69 Å². The summed E-state index contributed by atoms with van der Waals surface area (Å²) in [5.41, 5.74) is 3.01. The number of para-hydroxylation sites is 1. The molecular weight excluding hydrogens is 300 g/mol. The van der Waals surface area contributed by atoms with E-state index in [0.717, 1.165) is 28.8 Å². The number of hydrogen-bond acceptors (Lipinski definition) is 3. The molecule has 0 unspecified atom stereocenters. The van der Waals surface area contributed by atoms with Crippen molar-refractivity contribution in [2.75, 3.05) is 11.9 Å². The predicted octanol–water partition coefficient (Wildman–Crippen LogP) is 4.58. The smallest absolute Gasteiger partial charge is 0.257 e.